The zero-order chi connectivity index (χ0) is 15.0. The molecule has 5 nitrogen and oxygen atoms in total. The van der Waals surface area contributed by atoms with Gasteiger partial charge in [-0.25, -0.2) is 0 Å². The van der Waals surface area contributed by atoms with Crippen LogP contribution < -0.4 is 4.90 Å². The van der Waals surface area contributed by atoms with E-state index in [0.717, 1.165) is 24.1 Å². The molecule has 0 aliphatic carbocycles. The van der Waals surface area contributed by atoms with E-state index >= 15 is 0 Å². The predicted octanol–water partition coefficient (Wildman–Crippen LogP) is 2.16. The Morgan fingerprint density at radius 1 is 1.33 bits per heavy atom. The number of carboxylic acids is 1. The summed E-state index contributed by atoms with van der Waals surface area (Å²) in [4.78, 5) is 25.4. The van der Waals surface area contributed by atoms with Crippen LogP contribution in [0.25, 0.3) is 0 Å². The molecule has 3 atom stereocenters. The van der Waals surface area contributed by atoms with Gasteiger partial charge in [0, 0.05) is 18.2 Å². The fourth-order valence-corrected chi connectivity index (χ4v) is 3.25. The van der Waals surface area contributed by atoms with E-state index in [9.17, 15) is 9.59 Å². The molecule has 1 fully saturated rings. The third-order valence-electron chi connectivity index (χ3n) is 4.26. The molecule has 1 amide bonds. The van der Waals surface area contributed by atoms with Gasteiger partial charge in [-0.1, -0.05) is 18.2 Å². The van der Waals surface area contributed by atoms with Crippen LogP contribution in [0.5, 0.6) is 0 Å². The number of hydrogen-bond donors (Lipinski definition) is 1. The molecular weight excluding hydrogens is 270 g/mol. The van der Waals surface area contributed by atoms with Crippen molar-refractivity contribution in [2.75, 3.05) is 11.4 Å². The minimum Gasteiger partial charge on any atom is -0.481 e. The van der Waals surface area contributed by atoms with E-state index in [-0.39, 0.29) is 24.3 Å². The minimum atomic E-state index is -0.838. The second-order valence-corrected chi connectivity index (χ2v) is 5.82. The first kappa shape index (κ1) is 14.1. The van der Waals surface area contributed by atoms with Crippen LogP contribution >= 0.6 is 0 Å². The highest BCUT2D eigenvalue weighted by atomic mass is 16.5. The number of carbonyl (C=O) groups excluding carboxylic acids is 1. The molecule has 112 valence electrons. The normalized spacial score (nSPS) is 27.7. The summed E-state index contributed by atoms with van der Waals surface area (Å²) in [5.41, 5.74) is 1.77. The first-order valence-electron chi connectivity index (χ1n) is 7.34. The maximum atomic E-state index is 12.6. The maximum Gasteiger partial charge on any atom is 0.304 e. The third-order valence-corrected chi connectivity index (χ3v) is 4.26. The van der Waals surface area contributed by atoms with Crippen LogP contribution in [0.2, 0.25) is 0 Å². The average molecular weight is 289 g/mol. The van der Waals surface area contributed by atoms with E-state index < -0.39 is 12.1 Å². The standard InChI is InChI=1S/C16H19NO4/c1-10-6-7-14(21-10)16(20)17-9-11(8-15(18)19)12-4-2-3-5-13(12)17/h2-5,10-11,14H,6-9H2,1H3,(H,18,19). The summed E-state index contributed by atoms with van der Waals surface area (Å²) in [7, 11) is 0. The van der Waals surface area contributed by atoms with Crippen molar-refractivity contribution in [1.29, 1.82) is 0 Å². The number of fused-ring (bicyclic) bond motifs is 1. The first-order valence-corrected chi connectivity index (χ1v) is 7.34. The number of nitrogens with zero attached hydrogens (tertiary/aromatic N) is 1. The molecule has 1 saturated heterocycles. The Hall–Kier alpha value is -1.88. The number of ether oxygens (including phenoxy) is 1. The number of aliphatic carboxylic acids is 1. The molecule has 5 heteroatoms. The Bertz CT molecular complexity index is 571. The van der Waals surface area contributed by atoms with Crippen molar-refractivity contribution in [3.8, 4) is 0 Å². The smallest absolute Gasteiger partial charge is 0.304 e. The van der Waals surface area contributed by atoms with Crippen molar-refractivity contribution in [3.63, 3.8) is 0 Å². The molecule has 3 rings (SSSR count). The van der Waals surface area contributed by atoms with Gasteiger partial charge in [-0.05, 0) is 31.4 Å². The zero-order valence-corrected chi connectivity index (χ0v) is 12.0. The highest BCUT2D eigenvalue weighted by Gasteiger charge is 2.38. The molecular formula is C16H19NO4. The number of para-hydroxylation sites is 1. The first-order chi connectivity index (χ1) is 10.1. The molecule has 0 radical (unpaired) electrons. The Morgan fingerprint density at radius 2 is 2.10 bits per heavy atom. The summed E-state index contributed by atoms with van der Waals surface area (Å²) >= 11 is 0. The molecule has 3 unspecified atom stereocenters. The molecule has 2 aliphatic rings. The van der Waals surface area contributed by atoms with E-state index in [0.29, 0.717) is 6.54 Å². The highest BCUT2D eigenvalue weighted by molar-refractivity contribution is 5.99. The second kappa shape index (κ2) is 5.48. The number of carbonyl (C=O) groups is 2. The molecule has 2 heterocycles. The predicted molar refractivity (Wildman–Crippen MR) is 77.4 cm³/mol. The molecule has 2 aliphatic heterocycles. The number of rotatable bonds is 3. The van der Waals surface area contributed by atoms with Gasteiger partial charge in [0.1, 0.15) is 6.10 Å². The molecule has 1 aromatic carbocycles. The van der Waals surface area contributed by atoms with Gasteiger partial charge in [0.15, 0.2) is 0 Å². The van der Waals surface area contributed by atoms with Crippen LogP contribution in [0.3, 0.4) is 0 Å². The van der Waals surface area contributed by atoms with Crippen LogP contribution in [0.4, 0.5) is 5.69 Å². The van der Waals surface area contributed by atoms with E-state index in [4.69, 9.17) is 9.84 Å². The van der Waals surface area contributed by atoms with Gasteiger partial charge in [0.05, 0.1) is 12.5 Å². The lowest BCUT2D eigenvalue weighted by Gasteiger charge is -2.21. The van der Waals surface area contributed by atoms with E-state index in [1.807, 2.05) is 31.2 Å². The van der Waals surface area contributed by atoms with Crippen LogP contribution in [0.15, 0.2) is 24.3 Å². The fourth-order valence-electron chi connectivity index (χ4n) is 3.25. The monoisotopic (exact) mass is 289 g/mol. The van der Waals surface area contributed by atoms with Crippen molar-refractivity contribution < 1.29 is 19.4 Å². The zero-order valence-electron chi connectivity index (χ0n) is 12.0. The van der Waals surface area contributed by atoms with Gasteiger partial charge in [-0.2, -0.15) is 0 Å². The fraction of sp³-hybridized carbons (Fsp3) is 0.500. The number of amides is 1. The summed E-state index contributed by atoms with van der Waals surface area (Å²) in [5, 5.41) is 9.04. The third kappa shape index (κ3) is 2.65. The number of anilines is 1. The SMILES string of the molecule is CC1CCC(C(=O)N2CC(CC(=O)O)c3ccccc32)O1. The van der Waals surface area contributed by atoms with E-state index in [2.05, 4.69) is 0 Å². The van der Waals surface area contributed by atoms with Crippen LogP contribution in [-0.4, -0.2) is 35.7 Å². The van der Waals surface area contributed by atoms with Gasteiger partial charge in [0.2, 0.25) is 0 Å². The van der Waals surface area contributed by atoms with Crippen LogP contribution in [0.1, 0.15) is 37.7 Å². The summed E-state index contributed by atoms with van der Waals surface area (Å²) in [6, 6.07) is 7.55. The van der Waals surface area contributed by atoms with E-state index in [1.165, 1.54) is 0 Å². The van der Waals surface area contributed by atoms with Gasteiger partial charge >= 0.3 is 5.97 Å². The van der Waals surface area contributed by atoms with Crippen molar-refractivity contribution in [3.05, 3.63) is 29.8 Å². The average Bonchev–Trinajstić information content (AvgIpc) is 3.03. The van der Waals surface area contributed by atoms with Gasteiger partial charge in [-0.3, -0.25) is 9.59 Å². The van der Waals surface area contributed by atoms with Gasteiger partial charge in [0.25, 0.3) is 5.91 Å². The lowest BCUT2D eigenvalue weighted by Crippen LogP contribution is -2.38. The molecule has 0 spiro atoms. The Labute approximate surface area is 123 Å². The second-order valence-electron chi connectivity index (χ2n) is 5.82. The van der Waals surface area contributed by atoms with Crippen molar-refractivity contribution >= 4 is 17.6 Å². The number of hydrogen-bond acceptors (Lipinski definition) is 3. The molecule has 0 saturated carbocycles. The van der Waals surface area contributed by atoms with Crippen molar-refractivity contribution in [2.24, 2.45) is 0 Å². The number of carboxylic acid groups (broad SMARTS) is 1. The summed E-state index contributed by atoms with van der Waals surface area (Å²) in [6.45, 7) is 2.40. The quantitative estimate of drug-likeness (QED) is 0.926. The minimum absolute atomic E-state index is 0.0420. The maximum absolute atomic E-state index is 12.6. The largest absolute Gasteiger partial charge is 0.481 e. The summed E-state index contributed by atoms with van der Waals surface area (Å²) < 4.78 is 5.66. The Balaban J connectivity index is 1.84. The van der Waals surface area contributed by atoms with Gasteiger partial charge < -0.3 is 14.7 Å². The summed E-state index contributed by atoms with van der Waals surface area (Å²) in [6.07, 6.45) is 1.40. The topological polar surface area (TPSA) is 66.8 Å². The number of benzene rings is 1. The highest BCUT2D eigenvalue weighted by Crippen LogP contribution is 2.39. The molecule has 21 heavy (non-hydrogen) atoms. The molecule has 0 aromatic heterocycles. The van der Waals surface area contributed by atoms with E-state index in [1.54, 1.807) is 4.90 Å². The Morgan fingerprint density at radius 3 is 2.76 bits per heavy atom. The van der Waals surface area contributed by atoms with Crippen molar-refractivity contribution in [1.82, 2.24) is 0 Å². The summed E-state index contributed by atoms with van der Waals surface area (Å²) in [5.74, 6) is -1.02. The molecule has 1 aromatic rings. The van der Waals surface area contributed by atoms with Crippen LogP contribution in [-0.2, 0) is 14.3 Å². The van der Waals surface area contributed by atoms with Crippen molar-refractivity contribution in [2.45, 2.75) is 44.3 Å². The van der Waals surface area contributed by atoms with Gasteiger partial charge in [-0.15, -0.1) is 0 Å². The molecule has 0 bridgehead atoms. The lowest BCUT2D eigenvalue weighted by atomic mass is 9.98. The Kier molecular flexibility index (Phi) is 3.68. The van der Waals surface area contributed by atoms with Crippen LogP contribution in [0, 0.1) is 0 Å². The lowest BCUT2D eigenvalue weighted by molar-refractivity contribution is -0.137. The molecule has 1 N–H and O–H groups in total.